The Hall–Kier alpha value is -1.57. The highest BCUT2D eigenvalue weighted by atomic mass is 35.5. The quantitative estimate of drug-likeness (QED) is 0.520. The van der Waals surface area contributed by atoms with Crippen molar-refractivity contribution in [3.8, 4) is 11.5 Å². The Labute approximate surface area is 228 Å². The van der Waals surface area contributed by atoms with Crippen LogP contribution in [0.1, 0.15) is 39.7 Å². The first-order chi connectivity index (χ1) is 15.3. The number of nitrogens with zero attached hydrogens (tertiary/aromatic N) is 2. The molecular weight excluding hydrogens is 509 g/mol. The minimum Gasteiger partial charge on any atom is -0.493 e. The second kappa shape index (κ2) is 12.6. The molecule has 1 aliphatic carbocycles. The Morgan fingerprint density at radius 2 is 1.51 bits per heavy atom. The van der Waals surface area contributed by atoms with Gasteiger partial charge in [-0.05, 0) is 50.5 Å². The van der Waals surface area contributed by atoms with Gasteiger partial charge in [0.2, 0.25) is 0 Å². The zero-order chi connectivity index (χ0) is 23.0. The summed E-state index contributed by atoms with van der Waals surface area (Å²) < 4.78 is 16.8. The number of hydrogen-bond acceptors (Lipinski definition) is 6. The van der Waals surface area contributed by atoms with Crippen molar-refractivity contribution in [3.63, 3.8) is 0 Å². The van der Waals surface area contributed by atoms with Crippen LogP contribution in [-0.4, -0.2) is 56.7 Å². The van der Waals surface area contributed by atoms with Crippen molar-refractivity contribution in [1.29, 1.82) is 0 Å². The molecule has 3 aliphatic rings. The Morgan fingerprint density at radius 1 is 0.914 bits per heavy atom. The van der Waals surface area contributed by atoms with Crippen LogP contribution < -0.4 is 15.2 Å². The van der Waals surface area contributed by atoms with Crippen LogP contribution in [0, 0.1) is 5.41 Å². The number of hydrogen-bond donors (Lipinski definition) is 1. The Bertz CT molecular complexity index is 1000. The van der Waals surface area contributed by atoms with Crippen molar-refractivity contribution < 1.29 is 14.2 Å². The maximum atomic E-state index is 6.78. The highest BCUT2D eigenvalue weighted by molar-refractivity contribution is 5.86. The fourth-order valence-corrected chi connectivity index (χ4v) is 5.29. The van der Waals surface area contributed by atoms with E-state index < -0.39 is 0 Å². The van der Waals surface area contributed by atoms with Crippen LogP contribution in [0.2, 0.25) is 0 Å². The van der Waals surface area contributed by atoms with Crippen molar-refractivity contribution in [2.75, 3.05) is 46.9 Å². The predicted molar refractivity (Wildman–Crippen MR) is 149 cm³/mol. The van der Waals surface area contributed by atoms with Crippen molar-refractivity contribution in [1.82, 2.24) is 9.80 Å². The average Bonchev–Trinajstić information content (AvgIpc) is 3.04. The molecule has 1 atom stereocenters. The van der Waals surface area contributed by atoms with Gasteiger partial charge in [0.25, 0.3) is 0 Å². The van der Waals surface area contributed by atoms with E-state index in [-0.39, 0.29) is 42.6 Å². The van der Waals surface area contributed by atoms with Crippen molar-refractivity contribution in [2.24, 2.45) is 11.1 Å². The molecule has 198 valence electrons. The zero-order valence-corrected chi connectivity index (χ0v) is 24.1. The number of methoxy groups -OCH3 is 2. The Morgan fingerprint density at radius 3 is 2.11 bits per heavy atom. The maximum Gasteiger partial charge on any atom is 0.161 e. The summed E-state index contributed by atoms with van der Waals surface area (Å²) in [6, 6.07) is 6.19. The van der Waals surface area contributed by atoms with Crippen LogP contribution in [0.4, 0.5) is 0 Å². The third-order valence-electron chi connectivity index (χ3n) is 7.31. The largest absolute Gasteiger partial charge is 0.493 e. The fourth-order valence-electron chi connectivity index (χ4n) is 5.29. The number of allylic oxidation sites excluding steroid dienone is 5. The molecule has 4 rings (SSSR count). The van der Waals surface area contributed by atoms with Crippen molar-refractivity contribution in [3.05, 3.63) is 57.7 Å². The van der Waals surface area contributed by atoms with Crippen LogP contribution in [0.5, 0.6) is 11.5 Å². The van der Waals surface area contributed by atoms with Gasteiger partial charge in [-0.1, -0.05) is 13.0 Å². The van der Waals surface area contributed by atoms with Gasteiger partial charge in [0.15, 0.2) is 11.5 Å². The fraction of sp³-hybridized carbons (Fsp3) is 0.538. The number of ether oxygens (including phenoxy) is 3. The molecular formula is C26H40Cl3N3O3. The van der Waals surface area contributed by atoms with E-state index in [1.54, 1.807) is 14.2 Å². The number of rotatable bonds is 6. The monoisotopic (exact) mass is 547 g/mol. The van der Waals surface area contributed by atoms with Crippen LogP contribution in [0.25, 0.3) is 0 Å². The molecule has 0 radical (unpaired) electrons. The number of halogens is 3. The van der Waals surface area contributed by atoms with Gasteiger partial charge in [0.1, 0.15) is 11.5 Å². The van der Waals surface area contributed by atoms with E-state index in [9.17, 15) is 0 Å². The molecule has 6 nitrogen and oxygen atoms in total. The lowest BCUT2D eigenvalue weighted by atomic mass is 9.85. The summed E-state index contributed by atoms with van der Waals surface area (Å²) in [5.41, 5.74) is 12.7. The van der Waals surface area contributed by atoms with Crippen LogP contribution >= 0.6 is 37.2 Å². The molecule has 35 heavy (non-hydrogen) atoms. The number of piperazine rings is 1. The molecule has 0 amide bonds. The van der Waals surface area contributed by atoms with Gasteiger partial charge in [-0.25, -0.2) is 0 Å². The lowest BCUT2D eigenvalue weighted by Crippen LogP contribution is -2.49. The molecule has 2 aliphatic heterocycles. The molecule has 1 aromatic carbocycles. The summed E-state index contributed by atoms with van der Waals surface area (Å²) in [5, 5.41) is 0. The predicted octanol–water partition coefficient (Wildman–Crippen LogP) is 5.31. The highest BCUT2D eigenvalue weighted by Gasteiger charge is 2.43. The number of fused-ring (bicyclic) bond motifs is 1. The second-order valence-electron chi connectivity index (χ2n) is 9.59. The Balaban J connectivity index is 0.00000204. The zero-order valence-electron chi connectivity index (χ0n) is 21.6. The summed E-state index contributed by atoms with van der Waals surface area (Å²) in [6.45, 7) is 14.6. The minimum absolute atomic E-state index is 0. The third kappa shape index (κ3) is 6.23. The maximum absolute atomic E-state index is 6.78. The molecule has 9 heteroatoms. The summed E-state index contributed by atoms with van der Waals surface area (Å²) in [5.74, 6) is 3.54. The lowest BCUT2D eigenvalue weighted by Gasteiger charge is -2.39. The van der Waals surface area contributed by atoms with E-state index in [2.05, 4.69) is 42.7 Å². The van der Waals surface area contributed by atoms with E-state index >= 15 is 0 Å². The average molecular weight is 549 g/mol. The minimum atomic E-state index is -0.0489. The van der Waals surface area contributed by atoms with Crippen LogP contribution in [0.15, 0.2) is 52.1 Å². The smallest absolute Gasteiger partial charge is 0.161 e. The van der Waals surface area contributed by atoms with Gasteiger partial charge in [-0.3, -0.25) is 9.80 Å². The topological polar surface area (TPSA) is 60.2 Å². The van der Waals surface area contributed by atoms with Gasteiger partial charge in [0.05, 0.1) is 14.2 Å². The highest BCUT2D eigenvalue weighted by Crippen LogP contribution is 2.50. The summed E-state index contributed by atoms with van der Waals surface area (Å²) in [7, 11) is 3.35. The molecule has 0 saturated carbocycles. The van der Waals surface area contributed by atoms with Crippen LogP contribution in [0.3, 0.4) is 0 Å². The number of benzene rings is 1. The molecule has 0 spiro atoms. The number of nitrogens with two attached hydrogens (primary N) is 1. The van der Waals surface area contributed by atoms with E-state index in [1.807, 2.05) is 13.0 Å². The summed E-state index contributed by atoms with van der Waals surface area (Å²) in [6.07, 6.45) is 0.955. The second-order valence-corrected chi connectivity index (χ2v) is 9.59. The van der Waals surface area contributed by atoms with Gasteiger partial charge in [-0.2, -0.15) is 0 Å². The van der Waals surface area contributed by atoms with Gasteiger partial charge in [0, 0.05) is 61.5 Å². The van der Waals surface area contributed by atoms with E-state index in [1.165, 1.54) is 22.3 Å². The third-order valence-corrected chi connectivity index (χ3v) is 7.31. The molecule has 1 saturated heterocycles. The lowest BCUT2D eigenvalue weighted by molar-refractivity contribution is 0.0989. The first kappa shape index (κ1) is 31.5. The molecule has 1 fully saturated rings. The first-order valence-corrected chi connectivity index (χ1v) is 11.5. The van der Waals surface area contributed by atoms with Crippen LogP contribution in [-0.2, 0) is 11.3 Å². The molecule has 0 bridgehead atoms. The van der Waals surface area contributed by atoms with Gasteiger partial charge < -0.3 is 19.9 Å². The SMILES string of the molecule is COc1ccc(CN2CCN(CC3(C)CC4=C(C)OC(C)=C(C)C4=C3N)CC2)cc1OC.Cl.Cl.Cl. The first-order valence-electron chi connectivity index (χ1n) is 11.5. The molecule has 1 unspecified atom stereocenters. The van der Waals surface area contributed by atoms with Gasteiger partial charge in [-0.15, -0.1) is 37.2 Å². The Kier molecular flexibility index (Phi) is 11.3. The normalized spacial score (nSPS) is 22.6. The van der Waals surface area contributed by atoms with E-state index in [4.69, 9.17) is 19.9 Å². The molecule has 1 aromatic rings. The summed E-state index contributed by atoms with van der Waals surface area (Å²) in [4.78, 5) is 5.08. The van der Waals surface area contributed by atoms with E-state index in [0.717, 1.165) is 74.4 Å². The molecule has 2 N–H and O–H groups in total. The molecule has 2 heterocycles. The standard InChI is InChI=1S/C26H37N3O3.3ClH/c1-17-18(2)32-19(3)21-14-26(4,25(27)24(17)21)16-29-11-9-28(10-12-29)15-20-7-8-22(30-5)23(13-20)31-6;;;/h7-8,13H,9-12,14-16,27H2,1-6H3;3*1H. The summed E-state index contributed by atoms with van der Waals surface area (Å²) >= 11 is 0. The van der Waals surface area contributed by atoms with E-state index in [0.29, 0.717) is 0 Å². The van der Waals surface area contributed by atoms with Crippen molar-refractivity contribution >= 4 is 37.2 Å². The molecule has 0 aromatic heterocycles. The van der Waals surface area contributed by atoms with Crippen molar-refractivity contribution in [2.45, 2.75) is 40.7 Å². The van der Waals surface area contributed by atoms with Gasteiger partial charge >= 0.3 is 0 Å².